The second-order valence-electron chi connectivity index (χ2n) is 4.44. The Morgan fingerprint density at radius 1 is 1.35 bits per heavy atom. The number of hydrogen-bond donors (Lipinski definition) is 1. The van der Waals surface area contributed by atoms with Crippen molar-refractivity contribution in [3.05, 3.63) is 35.1 Å². The Morgan fingerprint density at radius 2 is 2.00 bits per heavy atom. The van der Waals surface area contributed by atoms with Crippen LogP contribution in [-0.2, 0) is 10.3 Å². The van der Waals surface area contributed by atoms with Crippen LogP contribution in [0.15, 0.2) is 18.2 Å². The first-order chi connectivity index (χ1) is 8.07. The van der Waals surface area contributed by atoms with Crippen molar-refractivity contribution in [3.8, 4) is 0 Å². The van der Waals surface area contributed by atoms with Gasteiger partial charge in [-0.1, -0.05) is 12.8 Å². The molecule has 92 valence electrons. The number of benzene rings is 1. The van der Waals surface area contributed by atoms with E-state index in [1.54, 1.807) is 7.11 Å². The Hall–Kier alpha value is -1.42. The van der Waals surface area contributed by atoms with E-state index in [0.29, 0.717) is 5.56 Å². The van der Waals surface area contributed by atoms with E-state index >= 15 is 0 Å². The predicted molar refractivity (Wildman–Crippen MR) is 60.5 cm³/mol. The van der Waals surface area contributed by atoms with E-state index in [1.165, 1.54) is 12.1 Å². The molecule has 17 heavy (non-hydrogen) atoms. The third-order valence-electron chi connectivity index (χ3n) is 3.47. The zero-order valence-corrected chi connectivity index (χ0v) is 9.70. The van der Waals surface area contributed by atoms with Crippen molar-refractivity contribution in [1.82, 2.24) is 0 Å². The van der Waals surface area contributed by atoms with Crippen LogP contribution in [-0.4, -0.2) is 18.2 Å². The molecule has 1 aromatic rings. The molecule has 1 N–H and O–H groups in total. The molecule has 0 aliphatic heterocycles. The van der Waals surface area contributed by atoms with Crippen molar-refractivity contribution < 1.29 is 19.0 Å². The summed E-state index contributed by atoms with van der Waals surface area (Å²) < 4.78 is 18.9. The van der Waals surface area contributed by atoms with Crippen LogP contribution in [0.3, 0.4) is 0 Å². The monoisotopic (exact) mass is 238 g/mol. The van der Waals surface area contributed by atoms with Crippen LogP contribution in [0.25, 0.3) is 0 Å². The van der Waals surface area contributed by atoms with E-state index in [0.717, 1.165) is 31.7 Å². The van der Waals surface area contributed by atoms with Crippen LogP contribution in [0.1, 0.15) is 41.6 Å². The van der Waals surface area contributed by atoms with Gasteiger partial charge in [-0.05, 0) is 36.6 Å². The maximum absolute atomic E-state index is 13.4. The summed E-state index contributed by atoms with van der Waals surface area (Å²) in [6, 6.07) is 3.92. The number of carbonyl (C=O) groups is 1. The predicted octanol–water partition coefficient (Wildman–Crippen LogP) is 2.94. The first-order valence-corrected chi connectivity index (χ1v) is 5.67. The number of carboxylic acids is 1. The average molecular weight is 238 g/mol. The van der Waals surface area contributed by atoms with E-state index in [2.05, 4.69) is 0 Å². The SMILES string of the molecule is COC1(c2cc(F)cc(C(=O)O)c2)CCCC1. The minimum Gasteiger partial charge on any atom is -0.478 e. The van der Waals surface area contributed by atoms with Gasteiger partial charge in [-0.15, -0.1) is 0 Å². The first-order valence-electron chi connectivity index (χ1n) is 5.67. The fourth-order valence-electron chi connectivity index (χ4n) is 2.53. The molecule has 4 heteroatoms. The molecule has 0 heterocycles. The lowest BCUT2D eigenvalue weighted by molar-refractivity contribution is -0.00898. The molecule has 1 aliphatic carbocycles. The highest BCUT2D eigenvalue weighted by Crippen LogP contribution is 2.42. The summed E-state index contributed by atoms with van der Waals surface area (Å²) in [5.74, 6) is -1.64. The molecule has 1 saturated carbocycles. The highest BCUT2D eigenvalue weighted by molar-refractivity contribution is 5.87. The molecule has 2 rings (SSSR count). The quantitative estimate of drug-likeness (QED) is 0.880. The summed E-state index contributed by atoms with van der Waals surface area (Å²) in [6.45, 7) is 0. The second kappa shape index (κ2) is 4.45. The molecule has 0 radical (unpaired) electrons. The third kappa shape index (κ3) is 2.17. The molecule has 0 aromatic heterocycles. The Labute approximate surface area is 99.2 Å². The van der Waals surface area contributed by atoms with Crippen LogP contribution in [0.5, 0.6) is 0 Å². The highest BCUT2D eigenvalue weighted by Gasteiger charge is 2.36. The minimum atomic E-state index is -1.12. The Morgan fingerprint density at radius 3 is 2.53 bits per heavy atom. The number of aromatic carboxylic acids is 1. The van der Waals surface area contributed by atoms with Gasteiger partial charge in [0.15, 0.2) is 0 Å². The Kier molecular flexibility index (Phi) is 3.15. The maximum atomic E-state index is 13.4. The molecule has 0 atom stereocenters. The zero-order valence-electron chi connectivity index (χ0n) is 9.70. The molecule has 0 bridgehead atoms. The normalized spacial score (nSPS) is 18.2. The van der Waals surface area contributed by atoms with Crippen molar-refractivity contribution >= 4 is 5.97 Å². The molecule has 0 spiro atoms. The van der Waals surface area contributed by atoms with E-state index in [4.69, 9.17) is 9.84 Å². The molecule has 0 unspecified atom stereocenters. The number of rotatable bonds is 3. The molecule has 1 fully saturated rings. The van der Waals surface area contributed by atoms with Crippen molar-refractivity contribution in [2.45, 2.75) is 31.3 Å². The van der Waals surface area contributed by atoms with Gasteiger partial charge in [-0.3, -0.25) is 0 Å². The van der Waals surface area contributed by atoms with Crippen LogP contribution >= 0.6 is 0 Å². The molecule has 0 saturated heterocycles. The van der Waals surface area contributed by atoms with E-state index in [-0.39, 0.29) is 5.56 Å². The molecule has 1 aliphatic rings. The summed E-state index contributed by atoms with van der Waals surface area (Å²) in [6.07, 6.45) is 3.66. The number of ether oxygens (including phenoxy) is 1. The first kappa shape index (κ1) is 12.0. The largest absolute Gasteiger partial charge is 0.478 e. The lowest BCUT2D eigenvalue weighted by Gasteiger charge is -2.28. The smallest absolute Gasteiger partial charge is 0.335 e. The van der Waals surface area contributed by atoms with Gasteiger partial charge < -0.3 is 9.84 Å². The van der Waals surface area contributed by atoms with Crippen LogP contribution in [0.2, 0.25) is 0 Å². The molecule has 0 amide bonds. The fraction of sp³-hybridized carbons (Fsp3) is 0.462. The van der Waals surface area contributed by atoms with E-state index in [1.807, 2.05) is 0 Å². The van der Waals surface area contributed by atoms with Gasteiger partial charge in [0.2, 0.25) is 0 Å². The van der Waals surface area contributed by atoms with Gasteiger partial charge in [-0.2, -0.15) is 0 Å². The van der Waals surface area contributed by atoms with Crippen molar-refractivity contribution in [3.63, 3.8) is 0 Å². The number of halogens is 1. The van der Waals surface area contributed by atoms with Gasteiger partial charge in [0.25, 0.3) is 0 Å². The number of methoxy groups -OCH3 is 1. The van der Waals surface area contributed by atoms with Gasteiger partial charge >= 0.3 is 5.97 Å². The summed E-state index contributed by atoms with van der Waals surface area (Å²) in [5.41, 5.74) is 0.102. The number of hydrogen-bond acceptors (Lipinski definition) is 2. The van der Waals surface area contributed by atoms with Gasteiger partial charge in [-0.25, -0.2) is 9.18 Å². The van der Waals surface area contributed by atoms with Crippen molar-refractivity contribution in [2.24, 2.45) is 0 Å². The third-order valence-corrected chi connectivity index (χ3v) is 3.47. The molecule has 3 nitrogen and oxygen atoms in total. The highest BCUT2D eigenvalue weighted by atomic mass is 19.1. The summed E-state index contributed by atoms with van der Waals surface area (Å²) in [5, 5.41) is 8.93. The second-order valence-corrected chi connectivity index (χ2v) is 4.44. The van der Waals surface area contributed by atoms with Crippen molar-refractivity contribution in [2.75, 3.05) is 7.11 Å². The fourth-order valence-corrected chi connectivity index (χ4v) is 2.53. The van der Waals surface area contributed by atoms with E-state index < -0.39 is 17.4 Å². The van der Waals surface area contributed by atoms with Gasteiger partial charge in [0.05, 0.1) is 11.2 Å². The Bertz CT molecular complexity index is 436. The van der Waals surface area contributed by atoms with Gasteiger partial charge in [0, 0.05) is 7.11 Å². The summed E-state index contributed by atoms with van der Waals surface area (Å²) in [4.78, 5) is 10.9. The standard InChI is InChI=1S/C13H15FO3/c1-17-13(4-2-3-5-13)10-6-9(12(15)16)7-11(14)8-10/h6-8H,2-5H2,1H3,(H,15,16). The molecular formula is C13H15FO3. The van der Waals surface area contributed by atoms with E-state index in [9.17, 15) is 9.18 Å². The average Bonchev–Trinajstić information content (AvgIpc) is 2.78. The molecule has 1 aromatic carbocycles. The van der Waals surface area contributed by atoms with Gasteiger partial charge in [0.1, 0.15) is 5.82 Å². The van der Waals surface area contributed by atoms with Crippen LogP contribution < -0.4 is 0 Å². The molecular weight excluding hydrogens is 223 g/mol. The zero-order chi connectivity index (χ0) is 12.5. The van der Waals surface area contributed by atoms with Crippen LogP contribution in [0, 0.1) is 5.82 Å². The number of carboxylic acid groups (broad SMARTS) is 1. The minimum absolute atomic E-state index is 0.0247. The van der Waals surface area contributed by atoms with Crippen LogP contribution in [0.4, 0.5) is 4.39 Å². The lowest BCUT2D eigenvalue weighted by Crippen LogP contribution is -2.25. The Balaban J connectivity index is 2.47. The lowest BCUT2D eigenvalue weighted by atomic mass is 9.90. The summed E-state index contributed by atoms with van der Waals surface area (Å²) >= 11 is 0. The van der Waals surface area contributed by atoms with Crippen molar-refractivity contribution in [1.29, 1.82) is 0 Å². The maximum Gasteiger partial charge on any atom is 0.335 e. The summed E-state index contributed by atoms with van der Waals surface area (Å²) in [7, 11) is 1.59. The topological polar surface area (TPSA) is 46.5 Å².